The van der Waals surface area contributed by atoms with Crippen molar-refractivity contribution in [2.45, 2.75) is 18.6 Å². The third kappa shape index (κ3) is 4.68. The number of ether oxygens (including phenoxy) is 1. The molecule has 3 rings (SSSR count). The number of hydrogen-bond donors (Lipinski definition) is 1. The number of hydrogen-bond acceptors (Lipinski definition) is 3. The van der Waals surface area contributed by atoms with Crippen LogP contribution in [0.5, 0.6) is 5.75 Å². The van der Waals surface area contributed by atoms with Gasteiger partial charge in [0.15, 0.2) is 6.61 Å². The minimum Gasteiger partial charge on any atom is -0.484 e. The van der Waals surface area contributed by atoms with Gasteiger partial charge in [-0.2, -0.15) is 13.2 Å². The van der Waals surface area contributed by atoms with Gasteiger partial charge in [-0.25, -0.2) is 0 Å². The van der Waals surface area contributed by atoms with E-state index >= 15 is 0 Å². The lowest BCUT2D eigenvalue weighted by molar-refractivity contribution is -0.137. The fraction of sp³-hybridized carbons (Fsp3) is 0.316. The maximum Gasteiger partial charge on any atom is 0.416 e. The van der Waals surface area contributed by atoms with Gasteiger partial charge in [0.1, 0.15) is 5.75 Å². The molecule has 1 amide bonds. The summed E-state index contributed by atoms with van der Waals surface area (Å²) in [6.07, 6.45) is -3.63. The van der Waals surface area contributed by atoms with Crippen molar-refractivity contribution < 1.29 is 22.7 Å². The second kappa shape index (κ2) is 7.68. The second-order valence-corrected chi connectivity index (χ2v) is 6.15. The van der Waals surface area contributed by atoms with E-state index in [1.54, 1.807) is 4.90 Å². The number of rotatable bonds is 5. The van der Waals surface area contributed by atoms with Crippen LogP contribution in [0.25, 0.3) is 0 Å². The average Bonchev–Trinajstić information content (AvgIpc) is 3.09. The van der Waals surface area contributed by atoms with Crippen molar-refractivity contribution >= 4 is 11.6 Å². The van der Waals surface area contributed by atoms with Gasteiger partial charge in [-0.15, -0.1) is 0 Å². The Morgan fingerprint density at radius 1 is 1.15 bits per heavy atom. The van der Waals surface area contributed by atoms with Gasteiger partial charge in [0, 0.05) is 24.8 Å². The van der Waals surface area contributed by atoms with Crippen LogP contribution in [0.2, 0.25) is 0 Å². The molecule has 1 saturated heterocycles. The first-order valence-electron chi connectivity index (χ1n) is 8.31. The molecule has 138 valence electrons. The number of anilines is 1. The number of carbonyl (C=O) groups excluding carboxylic acids is 1. The van der Waals surface area contributed by atoms with Gasteiger partial charge >= 0.3 is 6.18 Å². The van der Waals surface area contributed by atoms with Crippen molar-refractivity contribution in [2.75, 3.05) is 25.0 Å². The molecule has 2 aromatic rings. The molecule has 7 heteroatoms. The molecule has 2 aromatic carbocycles. The third-order valence-corrected chi connectivity index (χ3v) is 4.21. The number of alkyl halides is 3. The van der Waals surface area contributed by atoms with Crippen molar-refractivity contribution in [1.29, 1.82) is 0 Å². The summed E-state index contributed by atoms with van der Waals surface area (Å²) < 4.78 is 43.3. The summed E-state index contributed by atoms with van der Waals surface area (Å²) in [5.41, 5.74) is 0.197. The fourth-order valence-corrected chi connectivity index (χ4v) is 2.87. The maximum atomic E-state index is 12.7. The molecule has 1 fully saturated rings. The van der Waals surface area contributed by atoms with Crippen LogP contribution in [0.1, 0.15) is 12.0 Å². The van der Waals surface area contributed by atoms with E-state index in [1.165, 1.54) is 12.1 Å². The van der Waals surface area contributed by atoms with Crippen LogP contribution in [0, 0.1) is 0 Å². The fourth-order valence-electron chi connectivity index (χ4n) is 2.87. The van der Waals surface area contributed by atoms with Crippen molar-refractivity contribution in [3.8, 4) is 5.75 Å². The van der Waals surface area contributed by atoms with Crippen LogP contribution < -0.4 is 10.1 Å². The van der Waals surface area contributed by atoms with Crippen LogP contribution in [0.15, 0.2) is 54.6 Å². The highest BCUT2D eigenvalue weighted by atomic mass is 19.4. The predicted molar refractivity (Wildman–Crippen MR) is 92.0 cm³/mol. The number of halogens is 3. The third-order valence-electron chi connectivity index (χ3n) is 4.21. The molecular formula is C19H19F3N2O2. The predicted octanol–water partition coefficient (Wildman–Crippen LogP) is 3.80. The van der Waals surface area contributed by atoms with E-state index in [9.17, 15) is 18.0 Å². The number of nitrogens with zero attached hydrogens (tertiary/aromatic N) is 1. The van der Waals surface area contributed by atoms with E-state index in [-0.39, 0.29) is 24.3 Å². The lowest BCUT2D eigenvalue weighted by atomic mass is 10.2. The maximum absolute atomic E-state index is 12.7. The summed E-state index contributed by atoms with van der Waals surface area (Å²) in [5, 5.41) is 3.36. The molecule has 0 radical (unpaired) electrons. The second-order valence-electron chi connectivity index (χ2n) is 6.15. The number of benzene rings is 2. The Hall–Kier alpha value is -2.70. The summed E-state index contributed by atoms with van der Waals surface area (Å²) >= 11 is 0. The first-order chi connectivity index (χ1) is 12.4. The number of para-hydroxylation sites is 1. The lowest BCUT2D eigenvalue weighted by Crippen LogP contribution is -2.35. The quantitative estimate of drug-likeness (QED) is 0.878. The van der Waals surface area contributed by atoms with Crippen molar-refractivity contribution in [3.05, 3.63) is 60.2 Å². The zero-order valence-electron chi connectivity index (χ0n) is 14.0. The molecule has 1 atom stereocenters. The molecule has 1 aliphatic rings. The number of carbonyl (C=O) groups is 1. The van der Waals surface area contributed by atoms with Crippen molar-refractivity contribution in [3.63, 3.8) is 0 Å². The number of likely N-dealkylation sites (tertiary alicyclic amines) is 1. The highest BCUT2D eigenvalue weighted by Gasteiger charge is 2.31. The minimum atomic E-state index is -4.44. The molecule has 0 spiro atoms. The van der Waals surface area contributed by atoms with Gasteiger partial charge in [-0.3, -0.25) is 4.79 Å². The van der Waals surface area contributed by atoms with E-state index in [0.29, 0.717) is 13.1 Å². The average molecular weight is 364 g/mol. The molecule has 1 heterocycles. The first-order valence-corrected chi connectivity index (χ1v) is 8.31. The van der Waals surface area contributed by atoms with Gasteiger partial charge in [0.2, 0.25) is 0 Å². The van der Waals surface area contributed by atoms with Gasteiger partial charge in [-0.1, -0.05) is 24.3 Å². The van der Waals surface area contributed by atoms with Gasteiger partial charge in [-0.05, 0) is 36.8 Å². The monoisotopic (exact) mass is 364 g/mol. The summed E-state index contributed by atoms with van der Waals surface area (Å²) in [6, 6.07) is 14.4. The molecule has 1 N–H and O–H groups in total. The highest BCUT2D eigenvalue weighted by Crippen LogP contribution is 2.31. The minimum absolute atomic E-state index is 0.0336. The van der Waals surface area contributed by atoms with Gasteiger partial charge in [0.25, 0.3) is 5.91 Å². The van der Waals surface area contributed by atoms with Crippen LogP contribution in [0.4, 0.5) is 18.9 Å². The summed E-state index contributed by atoms with van der Waals surface area (Å²) in [4.78, 5) is 13.9. The Bertz CT molecular complexity index is 750. The van der Waals surface area contributed by atoms with Gasteiger partial charge < -0.3 is 15.0 Å². The van der Waals surface area contributed by atoms with Gasteiger partial charge in [0.05, 0.1) is 5.56 Å². The van der Waals surface area contributed by atoms with E-state index in [2.05, 4.69) is 5.32 Å². The molecule has 0 aromatic heterocycles. The highest BCUT2D eigenvalue weighted by molar-refractivity contribution is 5.78. The van der Waals surface area contributed by atoms with Crippen molar-refractivity contribution in [1.82, 2.24) is 4.90 Å². The molecular weight excluding hydrogens is 345 g/mol. The Kier molecular flexibility index (Phi) is 5.35. The summed E-state index contributed by atoms with van der Waals surface area (Å²) in [6.45, 7) is 0.855. The summed E-state index contributed by atoms with van der Waals surface area (Å²) in [7, 11) is 0. The Morgan fingerprint density at radius 3 is 2.65 bits per heavy atom. The van der Waals surface area contributed by atoms with E-state index in [0.717, 1.165) is 24.2 Å². The topological polar surface area (TPSA) is 41.6 Å². The van der Waals surface area contributed by atoms with Crippen LogP contribution in [0.3, 0.4) is 0 Å². The normalized spacial score (nSPS) is 17.2. The molecule has 4 nitrogen and oxygen atoms in total. The molecule has 0 saturated carbocycles. The Labute approximate surface area is 149 Å². The zero-order chi connectivity index (χ0) is 18.6. The van der Waals surface area contributed by atoms with Crippen LogP contribution >= 0.6 is 0 Å². The smallest absolute Gasteiger partial charge is 0.416 e. The van der Waals surface area contributed by atoms with Crippen molar-refractivity contribution in [2.24, 2.45) is 0 Å². The van der Waals surface area contributed by atoms with E-state index in [4.69, 9.17) is 4.74 Å². The standard InChI is InChI=1S/C19H19F3N2O2/c20-19(21,22)14-5-4-8-17(11-14)26-13-18(25)24-10-9-16(12-24)23-15-6-2-1-3-7-15/h1-8,11,16,23H,9-10,12-13H2. The first kappa shape index (κ1) is 18.1. The largest absolute Gasteiger partial charge is 0.484 e. The SMILES string of the molecule is O=C(COc1cccc(C(F)(F)F)c1)N1CCC(Nc2ccccc2)C1. The molecule has 1 aliphatic heterocycles. The van der Waals surface area contributed by atoms with E-state index < -0.39 is 11.7 Å². The Balaban J connectivity index is 1.50. The molecule has 0 aliphatic carbocycles. The molecule has 26 heavy (non-hydrogen) atoms. The number of nitrogens with one attached hydrogen (secondary N) is 1. The number of amides is 1. The lowest BCUT2D eigenvalue weighted by Gasteiger charge is -2.18. The summed E-state index contributed by atoms with van der Waals surface area (Å²) in [5.74, 6) is -0.203. The van der Waals surface area contributed by atoms with Crippen LogP contribution in [-0.4, -0.2) is 36.5 Å². The zero-order valence-corrected chi connectivity index (χ0v) is 14.0. The van der Waals surface area contributed by atoms with E-state index in [1.807, 2.05) is 30.3 Å². The molecule has 0 bridgehead atoms. The Morgan fingerprint density at radius 2 is 1.92 bits per heavy atom. The molecule has 1 unspecified atom stereocenters. The van der Waals surface area contributed by atoms with Crippen LogP contribution in [-0.2, 0) is 11.0 Å².